The van der Waals surface area contributed by atoms with Crippen molar-refractivity contribution in [2.75, 3.05) is 13.2 Å². The Bertz CT molecular complexity index is 952. The number of phosphoric acid groups is 1. The monoisotopic (exact) mass is 725 g/mol. The highest BCUT2D eigenvalue weighted by atomic mass is 31.2. The maximum Gasteiger partial charge on any atom is 0.469 e. The van der Waals surface area contributed by atoms with Gasteiger partial charge in [-0.2, -0.15) is 0 Å². The SMILES string of the molecule is CCCCCCCC/C=C/C/C=C/C/C=C/CCCC(=O)OC[C@H](COP(=O)(O)O)OC(=O)CCCC/C=C/CCCCCCCCCCC. The minimum Gasteiger partial charge on any atom is -0.462 e. The molecule has 0 spiro atoms. The van der Waals surface area contributed by atoms with Gasteiger partial charge in [0.25, 0.3) is 0 Å². The van der Waals surface area contributed by atoms with Crippen molar-refractivity contribution in [2.45, 2.75) is 187 Å². The minimum absolute atomic E-state index is 0.171. The number of rotatable bonds is 36. The van der Waals surface area contributed by atoms with Gasteiger partial charge >= 0.3 is 19.8 Å². The molecule has 0 amide bonds. The molecule has 0 aromatic heterocycles. The van der Waals surface area contributed by atoms with Crippen molar-refractivity contribution in [3.63, 3.8) is 0 Å². The second-order valence-corrected chi connectivity index (χ2v) is 14.5. The van der Waals surface area contributed by atoms with E-state index in [1.807, 2.05) is 6.08 Å². The van der Waals surface area contributed by atoms with Gasteiger partial charge in [-0.3, -0.25) is 14.1 Å². The van der Waals surface area contributed by atoms with Crippen molar-refractivity contribution in [1.82, 2.24) is 0 Å². The molecular formula is C41H73O8P. The van der Waals surface area contributed by atoms with Crippen molar-refractivity contribution >= 4 is 19.8 Å². The van der Waals surface area contributed by atoms with E-state index in [0.29, 0.717) is 12.8 Å². The van der Waals surface area contributed by atoms with Crippen LogP contribution in [0.1, 0.15) is 181 Å². The summed E-state index contributed by atoms with van der Waals surface area (Å²) in [6.07, 6.45) is 44.1. The fraction of sp³-hybridized carbons (Fsp3) is 0.756. The zero-order valence-corrected chi connectivity index (χ0v) is 32.7. The molecule has 0 aliphatic carbocycles. The number of carbonyl (C=O) groups excluding carboxylic acids is 2. The lowest BCUT2D eigenvalue weighted by Crippen LogP contribution is -2.29. The molecule has 0 heterocycles. The van der Waals surface area contributed by atoms with Crippen LogP contribution in [0.25, 0.3) is 0 Å². The summed E-state index contributed by atoms with van der Waals surface area (Å²) in [6.45, 7) is 3.61. The lowest BCUT2D eigenvalue weighted by Gasteiger charge is -2.18. The van der Waals surface area contributed by atoms with Crippen LogP contribution in [0.3, 0.4) is 0 Å². The van der Waals surface area contributed by atoms with Crippen molar-refractivity contribution < 1.29 is 37.9 Å². The minimum atomic E-state index is -4.77. The number of esters is 2. The number of hydrogen-bond donors (Lipinski definition) is 2. The van der Waals surface area contributed by atoms with Crippen LogP contribution < -0.4 is 0 Å². The number of ether oxygens (including phenoxy) is 2. The first-order chi connectivity index (χ1) is 24.3. The van der Waals surface area contributed by atoms with E-state index in [9.17, 15) is 14.2 Å². The van der Waals surface area contributed by atoms with E-state index in [0.717, 1.165) is 44.9 Å². The summed E-state index contributed by atoms with van der Waals surface area (Å²) in [7, 11) is -4.77. The van der Waals surface area contributed by atoms with E-state index in [1.165, 1.54) is 96.3 Å². The molecular weight excluding hydrogens is 651 g/mol. The predicted molar refractivity (Wildman–Crippen MR) is 207 cm³/mol. The molecule has 1 atom stereocenters. The number of hydrogen-bond acceptors (Lipinski definition) is 6. The Kier molecular flexibility index (Phi) is 35.3. The Morgan fingerprint density at radius 2 is 0.920 bits per heavy atom. The summed E-state index contributed by atoms with van der Waals surface area (Å²) < 4.78 is 26.3. The summed E-state index contributed by atoms with van der Waals surface area (Å²) in [5, 5.41) is 0. The topological polar surface area (TPSA) is 119 Å². The molecule has 0 fully saturated rings. The van der Waals surface area contributed by atoms with Gasteiger partial charge in [-0.1, -0.05) is 146 Å². The summed E-state index contributed by atoms with van der Waals surface area (Å²) in [5.41, 5.74) is 0. The molecule has 0 saturated carbocycles. The predicted octanol–water partition coefficient (Wildman–Crippen LogP) is 12.0. The van der Waals surface area contributed by atoms with Crippen molar-refractivity contribution in [2.24, 2.45) is 0 Å². The van der Waals surface area contributed by atoms with Gasteiger partial charge < -0.3 is 19.3 Å². The van der Waals surface area contributed by atoms with Crippen LogP contribution in [-0.4, -0.2) is 41.0 Å². The van der Waals surface area contributed by atoms with Gasteiger partial charge in [-0.05, 0) is 70.6 Å². The first kappa shape index (κ1) is 48.0. The van der Waals surface area contributed by atoms with Gasteiger partial charge in [0.05, 0.1) is 6.61 Å². The molecule has 0 aromatic carbocycles. The maximum absolute atomic E-state index is 12.4. The van der Waals surface area contributed by atoms with Crippen LogP contribution in [0.2, 0.25) is 0 Å². The maximum atomic E-state index is 12.4. The summed E-state index contributed by atoms with van der Waals surface area (Å²) in [6, 6.07) is 0. The lowest BCUT2D eigenvalue weighted by molar-refractivity contribution is -0.161. The number of phosphoric ester groups is 1. The van der Waals surface area contributed by atoms with Crippen LogP contribution in [-0.2, 0) is 28.2 Å². The average molecular weight is 725 g/mol. The second-order valence-electron chi connectivity index (χ2n) is 13.2. The molecule has 0 aliphatic heterocycles. The smallest absolute Gasteiger partial charge is 0.462 e. The van der Waals surface area contributed by atoms with Crippen LogP contribution in [0, 0.1) is 0 Å². The summed E-state index contributed by atoms with van der Waals surface area (Å²) >= 11 is 0. The lowest BCUT2D eigenvalue weighted by atomic mass is 10.1. The standard InChI is InChI=1S/C41H73O8P/c1-3-5-7-9-11-13-15-17-19-20-22-23-25-27-29-31-33-35-40(42)47-37-39(38-48-50(44,45)46)49-41(43)36-34-32-30-28-26-24-21-18-16-14-12-10-8-6-4-2/h17,19,22-23,26-29,39H,3-16,18,20-21,24-25,30-38H2,1-2H3,(H2,44,45,46)/b19-17+,23-22+,28-26+,29-27+/t39-/m1/s1. The molecule has 50 heavy (non-hydrogen) atoms. The molecule has 290 valence electrons. The highest BCUT2D eigenvalue weighted by molar-refractivity contribution is 7.46. The van der Waals surface area contributed by atoms with E-state index in [-0.39, 0.29) is 19.4 Å². The fourth-order valence-electron chi connectivity index (χ4n) is 5.32. The molecule has 0 aromatic rings. The van der Waals surface area contributed by atoms with Crippen LogP contribution in [0.15, 0.2) is 48.6 Å². The third kappa shape index (κ3) is 38.8. The average Bonchev–Trinajstić information content (AvgIpc) is 3.08. The van der Waals surface area contributed by atoms with Gasteiger partial charge in [-0.15, -0.1) is 0 Å². The number of carbonyl (C=O) groups is 2. The van der Waals surface area contributed by atoms with Crippen molar-refractivity contribution in [1.29, 1.82) is 0 Å². The Morgan fingerprint density at radius 1 is 0.520 bits per heavy atom. The van der Waals surface area contributed by atoms with Gasteiger partial charge in [0, 0.05) is 12.8 Å². The van der Waals surface area contributed by atoms with Gasteiger partial charge in [0.2, 0.25) is 0 Å². The van der Waals surface area contributed by atoms with Gasteiger partial charge in [0.15, 0.2) is 6.10 Å². The van der Waals surface area contributed by atoms with Crippen molar-refractivity contribution in [3.8, 4) is 0 Å². The fourth-order valence-corrected chi connectivity index (χ4v) is 5.68. The number of allylic oxidation sites excluding steroid dienone is 8. The molecule has 0 aliphatic rings. The van der Waals surface area contributed by atoms with Gasteiger partial charge in [-0.25, -0.2) is 4.57 Å². The highest BCUT2D eigenvalue weighted by Crippen LogP contribution is 2.36. The van der Waals surface area contributed by atoms with E-state index in [2.05, 4.69) is 60.9 Å². The molecule has 0 rings (SSSR count). The second kappa shape index (κ2) is 36.8. The van der Waals surface area contributed by atoms with Crippen LogP contribution in [0.5, 0.6) is 0 Å². The Labute approximate surface area is 305 Å². The summed E-state index contributed by atoms with van der Waals surface area (Å²) in [4.78, 5) is 42.7. The van der Waals surface area contributed by atoms with Gasteiger partial charge in [0.1, 0.15) is 6.61 Å². The molecule has 0 radical (unpaired) electrons. The molecule has 0 unspecified atom stereocenters. The molecule has 9 heteroatoms. The quantitative estimate of drug-likeness (QED) is 0.0284. The molecule has 2 N–H and O–H groups in total. The first-order valence-electron chi connectivity index (χ1n) is 19.9. The van der Waals surface area contributed by atoms with Crippen molar-refractivity contribution in [3.05, 3.63) is 48.6 Å². The number of unbranched alkanes of at least 4 members (excludes halogenated alkanes) is 18. The Morgan fingerprint density at radius 3 is 1.42 bits per heavy atom. The third-order valence-electron chi connectivity index (χ3n) is 8.32. The highest BCUT2D eigenvalue weighted by Gasteiger charge is 2.22. The first-order valence-corrected chi connectivity index (χ1v) is 21.5. The van der Waals surface area contributed by atoms with Crippen LogP contribution >= 0.6 is 7.82 Å². The third-order valence-corrected chi connectivity index (χ3v) is 8.81. The zero-order valence-electron chi connectivity index (χ0n) is 31.8. The Balaban J connectivity index is 4.06. The summed E-state index contributed by atoms with van der Waals surface area (Å²) in [5.74, 6) is -0.972. The largest absolute Gasteiger partial charge is 0.469 e. The zero-order chi connectivity index (χ0) is 36.8. The Hall–Kier alpha value is -1.99. The van der Waals surface area contributed by atoms with E-state index in [1.54, 1.807) is 0 Å². The van der Waals surface area contributed by atoms with Crippen LogP contribution in [0.4, 0.5) is 0 Å². The molecule has 0 bridgehead atoms. The molecule has 0 saturated heterocycles. The molecule has 8 nitrogen and oxygen atoms in total. The normalized spacial score (nSPS) is 13.0. The van der Waals surface area contributed by atoms with E-state index < -0.39 is 32.5 Å². The van der Waals surface area contributed by atoms with E-state index >= 15 is 0 Å². The van der Waals surface area contributed by atoms with E-state index in [4.69, 9.17) is 19.3 Å².